The van der Waals surface area contributed by atoms with E-state index in [4.69, 9.17) is 5.11 Å². The third-order valence-corrected chi connectivity index (χ3v) is 6.41. The SMILES string of the molecule is CO.c1ccc(-c2ccc(-c3ccccc3C3c4ccccc4-c4ccccc43)cc2)cc1. The van der Waals surface area contributed by atoms with Crippen LogP contribution in [0.1, 0.15) is 22.6 Å². The predicted molar refractivity (Wildman–Crippen MR) is 138 cm³/mol. The normalized spacial score (nSPS) is 11.8. The van der Waals surface area contributed by atoms with Crippen LogP contribution in [0.2, 0.25) is 0 Å². The van der Waals surface area contributed by atoms with Crippen LogP contribution in [0.25, 0.3) is 33.4 Å². The van der Waals surface area contributed by atoms with E-state index in [1.807, 2.05) is 0 Å². The maximum absolute atomic E-state index is 7.00. The highest BCUT2D eigenvalue weighted by atomic mass is 16.2. The lowest BCUT2D eigenvalue weighted by Crippen LogP contribution is -2.01. The zero-order chi connectivity index (χ0) is 22.6. The molecule has 5 aromatic carbocycles. The first-order valence-electron chi connectivity index (χ1n) is 11.3. The monoisotopic (exact) mass is 426 g/mol. The summed E-state index contributed by atoms with van der Waals surface area (Å²) in [6, 6.07) is 46.1. The molecular weight excluding hydrogens is 400 g/mol. The summed E-state index contributed by atoms with van der Waals surface area (Å²) >= 11 is 0. The zero-order valence-electron chi connectivity index (χ0n) is 18.6. The molecule has 1 aliphatic rings. The lowest BCUT2D eigenvalue weighted by atomic mass is 9.84. The molecule has 0 heterocycles. The molecule has 0 fully saturated rings. The molecule has 1 heteroatoms. The predicted octanol–water partition coefficient (Wildman–Crippen LogP) is 7.79. The van der Waals surface area contributed by atoms with Crippen molar-refractivity contribution in [3.05, 3.63) is 144 Å². The standard InChI is InChI=1S/C31H22.CH4O/c1-2-10-22(11-3-1)23-18-20-24(21-19-23)25-12-4-7-15-28(25)31-29-16-8-5-13-26(29)27-14-6-9-17-30(27)31;1-2/h1-21,31H;2H,1H3. The molecule has 33 heavy (non-hydrogen) atoms. The van der Waals surface area contributed by atoms with Gasteiger partial charge in [-0.05, 0) is 50.1 Å². The average Bonchev–Trinajstić information content (AvgIpc) is 3.25. The van der Waals surface area contributed by atoms with Crippen LogP contribution < -0.4 is 0 Å². The van der Waals surface area contributed by atoms with Crippen molar-refractivity contribution in [3.63, 3.8) is 0 Å². The smallest absolute Gasteiger partial charge is 0.0358 e. The van der Waals surface area contributed by atoms with E-state index in [0.717, 1.165) is 7.11 Å². The van der Waals surface area contributed by atoms with E-state index in [1.54, 1.807) is 0 Å². The van der Waals surface area contributed by atoms with Crippen molar-refractivity contribution in [2.75, 3.05) is 7.11 Å². The fraction of sp³-hybridized carbons (Fsp3) is 0.0625. The molecule has 0 aliphatic heterocycles. The van der Waals surface area contributed by atoms with Gasteiger partial charge >= 0.3 is 0 Å². The molecular formula is C32H26O. The van der Waals surface area contributed by atoms with Gasteiger partial charge in [-0.3, -0.25) is 0 Å². The van der Waals surface area contributed by atoms with Crippen LogP contribution in [0.15, 0.2) is 127 Å². The molecule has 1 aliphatic carbocycles. The Morgan fingerprint density at radius 1 is 0.364 bits per heavy atom. The number of fused-ring (bicyclic) bond motifs is 3. The van der Waals surface area contributed by atoms with E-state index < -0.39 is 0 Å². The summed E-state index contributed by atoms with van der Waals surface area (Å²) in [5.74, 6) is 0.261. The maximum atomic E-state index is 7.00. The summed E-state index contributed by atoms with van der Waals surface area (Å²) in [7, 11) is 1.00. The largest absolute Gasteiger partial charge is 0.400 e. The summed E-state index contributed by atoms with van der Waals surface area (Å²) < 4.78 is 0. The minimum atomic E-state index is 0.261. The molecule has 0 spiro atoms. The summed E-state index contributed by atoms with van der Waals surface area (Å²) in [6.07, 6.45) is 0. The van der Waals surface area contributed by atoms with Crippen molar-refractivity contribution in [1.29, 1.82) is 0 Å². The Bertz CT molecular complexity index is 1320. The first-order chi connectivity index (χ1) is 16.4. The number of benzene rings is 5. The molecule has 0 radical (unpaired) electrons. The summed E-state index contributed by atoms with van der Waals surface area (Å²) in [4.78, 5) is 0. The molecule has 1 nitrogen and oxygen atoms in total. The van der Waals surface area contributed by atoms with Crippen LogP contribution in [0.3, 0.4) is 0 Å². The number of hydrogen-bond donors (Lipinski definition) is 1. The molecule has 0 aromatic heterocycles. The van der Waals surface area contributed by atoms with E-state index in [2.05, 4.69) is 127 Å². The van der Waals surface area contributed by atoms with Gasteiger partial charge in [0.2, 0.25) is 0 Å². The fourth-order valence-corrected chi connectivity index (χ4v) is 4.98. The lowest BCUT2D eigenvalue weighted by molar-refractivity contribution is 0.399. The highest BCUT2D eigenvalue weighted by molar-refractivity contribution is 5.83. The zero-order valence-corrected chi connectivity index (χ0v) is 18.6. The Labute approximate surface area is 195 Å². The lowest BCUT2D eigenvalue weighted by Gasteiger charge is -2.19. The number of hydrogen-bond acceptors (Lipinski definition) is 1. The molecule has 0 saturated carbocycles. The van der Waals surface area contributed by atoms with Crippen LogP contribution in [0.4, 0.5) is 0 Å². The topological polar surface area (TPSA) is 20.2 Å². The van der Waals surface area contributed by atoms with E-state index >= 15 is 0 Å². The molecule has 0 unspecified atom stereocenters. The number of aliphatic hydroxyl groups excluding tert-OH is 1. The highest BCUT2D eigenvalue weighted by Crippen LogP contribution is 2.49. The van der Waals surface area contributed by atoms with Gasteiger partial charge in [0.15, 0.2) is 0 Å². The number of rotatable bonds is 3. The van der Waals surface area contributed by atoms with Gasteiger partial charge in [0, 0.05) is 13.0 Å². The Balaban J connectivity index is 0.00000111. The Morgan fingerprint density at radius 3 is 1.27 bits per heavy atom. The van der Waals surface area contributed by atoms with Crippen molar-refractivity contribution >= 4 is 0 Å². The molecule has 5 aromatic rings. The Kier molecular flexibility index (Phi) is 5.89. The van der Waals surface area contributed by atoms with Crippen molar-refractivity contribution in [2.24, 2.45) is 0 Å². The van der Waals surface area contributed by atoms with E-state index in [-0.39, 0.29) is 5.92 Å². The average molecular weight is 427 g/mol. The van der Waals surface area contributed by atoms with Gasteiger partial charge in [-0.1, -0.05) is 127 Å². The second-order valence-corrected chi connectivity index (χ2v) is 8.14. The van der Waals surface area contributed by atoms with E-state index in [1.165, 1.54) is 50.1 Å². The number of aliphatic hydroxyl groups is 1. The molecule has 0 amide bonds. The Morgan fingerprint density at radius 2 is 0.727 bits per heavy atom. The van der Waals surface area contributed by atoms with Gasteiger partial charge in [-0.15, -0.1) is 0 Å². The van der Waals surface area contributed by atoms with Crippen molar-refractivity contribution in [2.45, 2.75) is 5.92 Å². The molecule has 6 rings (SSSR count). The minimum absolute atomic E-state index is 0.261. The van der Waals surface area contributed by atoms with Crippen molar-refractivity contribution < 1.29 is 5.11 Å². The minimum Gasteiger partial charge on any atom is -0.400 e. The second kappa shape index (κ2) is 9.28. The first kappa shape index (κ1) is 20.9. The first-order valence-corrected chi connectivity index (χ1v) is 11.3. The van der Waals surface area contributed by atoms with Gasteiger partial charge in [0.1, 0.15) is 0 Å². The highest BCUT2D eigenvalue weighted by Gasteiger charge is 2.30. The van der Waals surface area contributed by atoms with E-state index in [9.17, 15) is 0 Å². The molecule has 160 valence electrons. The van der Waals surface area contributed by atoms with Gasteiger partial charge < -0.3 is 5.11 Å². The summed E-state index contributed by atoms with van der Waals surface area (Å²) in [5.41, 5.74) is 12.0. The van der Waals surface area contributed by atoms with Crippen LogP contribution in [0.5, 0.6) is 0 Å². The maximum Gasteiger partial charge on any atom is 0.0358 e. The van der Waals surface area contributed by atoms with Crippen LogP contribution >= 0.6 is 0 Å². The van der Waals surface area contributed by atoms with Gasteiger partial charge in [-0.2, -0.15) is 0 Å². The third kappa shape index (κ3) is 3.77. The van der Waals surface area contributed by atoms with Crippen LogP contribution in [-0.2, 0) is 0 Å². The Hall–Kier alpha value is -3.94. The quantitative estimate of drug-likeness (QED) is 0.306. The van der Waals surface area contributed by atoms with Gasteiger partial charge in [0.05, 0.1) is 0 Å². The second-order valence-electron chi connectivity index (χ2n) is 8.14. The molecule has 0 saturated heterocycles. The molecule has 1 N–H and O–H groups in total. The molecule has 0 bridgehead atoms. The van der Waals surface area contributed by atoms with Crippen LogP contribution in [-0.4, -0.2) is 12.2 Å². The van der Waals surface area contributed by atoms with Gasteiger partial charge in [0.25, 0.3) is 0 Å². The summed E-state index contributed by atoms with van der Waals surface area (Å²) in [5, 5.41) is 7.00. The van der Waals surface area contributed by atoms with Gasteiger partial charge in [-0.25, -0.2) is 0 Å². The van der Waals surface area contributed by atoms with Crippen LogP contribution in [0, 0.1) is 0 Å². The van der Waals surface area contributed by atoms with Crippen molar-refractivity contribution in [3.8, 4) is 33.4 Å². The fourth-order valence-electron chi connectivity index (χ4n) is 4.98. The van der Waals surface area contributed by atoms with Crippen molar-refractivity contribution in [1.82, 2.24) is 0 Å². The summed E-state index contributed by atoms with van der Waals surface area (Å²) in [6.45, 7) is 0. The third-order valence-electron chi connectivity index (χ3n) is 6.41. The molecule has 0 atom stereocenters. The van der Waals surface area contributed by atoms with E-state index in [0.29, 0.717) is 0 Å².